The fraction of sp³-hybridized carbons (Fsp3) is 0.500. The smallest absolute Gasteiger partial charge is 0.332 e. The first kappa shape index (κ1) is 13.2. The molecule has 94 valence electrons. The number of nitrogens with one attached hydrogen (secondary N) is 2. The number of hydrogen-bond acceptors (Lipinski definition) is 4. The van der Waals surface area contributed by atoms with Gasteiger partial charge in [-0.3, -0.25) is 9.89 Å². The summed E-state index contributed by atoms with van der Waals surface area (Å²) in [6.07, 6.45) is -1.49. The van der Waals surface area contributed by atoms with Gasteiger partial charge in [0.2, 0.25) is 0 Å². The fourth-order valence-corrected chi connectivity index (χ4v) is 1.42. The van der Waals surface area contributed by atoms with E-state index >= 15 is 0 Å². The Morgan fingerprint density at radius 1 is 1.47 bits per heavy atom. The minimum Gasteiger partial charge on any atom is -0.479 e. The van der Waals surface area contributed by atoms with Gasteiger partial charge in [0, 0.05) is 18.7 Å². The summed E-state index contributed by atoms with van der Waals surface area (Å²) in [5, 5.41) is 26.5. The predicted molar refractivity (Wildman–Crippen MR) is 58.7 cm³/mol. The summed E-state index contributed by atoms with van der Waals surface area (Å²) >= 11 is 0. The average molecular weight is 241 g/mol. The summed E-state index contributed by atoms with van der Waals surface area (Å²) in [6.45, 7) is 3.52. The number of rotatable bonds is 5. The molecule has 0 aliphatic rings. The third-order valence-electron chi connectivity index (χ3n) is 2.34. The third-order valence-corrected chi connectivity index (χ3v) is 2.34. The lowest BCUT2D eigenvalue weighted by Gasteiger charge is -2.07. The van der Waals surface area contributed by atoms with E-state index in [-0.39, 0.29) is 18.9 Å². The molecule has 0 bridgehead atoms. The lowest BCUT2D eigenvalue weighted by atomic mass is 10.2. The molecule has 1 heterocycles. The van der Waals surface area contributed by atoms with Gasteiger partial charge in [0.05, 0.1) is 11.3 Å². The Morgan fingerprint density at radius 3 is 2.59 bits per heavy atom. The SMILES string of the molecule is Cc1n[nH]c(C)c1C(=O)NCCC(O)C(=O)O. The van der Waals surface area contributed by atoms with Crippen LogP contribution < -0.4 is 5.32 Å². The predicted octanol–water partition coefficient (Wildman–Crippen LogP) is -0.408. The molecule has 0 saturated carbocycles. The first-order chi connectivity index (χ1) is 7.93. The van der Waals surface area contributed by atoms with Crippen molar-refractivity contribution in [3.8, 4) is 0 Å². The highest BCUT2D eigenvalue weighted by molar-refractivity contribution is 5.96. The molecule has 0 fully saturated rings. The number of aliphatic hydroxyl groups is 1. The lowest BCUT2D eigenvalue weighted by molar-refractivity contribution is -0.146. The molecule has 7 nitrogen and oxygen atoms in total. The lowest BCUT2D eigenvalue weighted by Crippen LogP contribution is -2.30. The van der Waals surface area contributed by atoms with E-state index in [0.717, 1.165) is 0 Å². The molecule has 0 saturated heterocycles. The molecular weight excluding hydrogens is 226 g/mol. The monoisotopic (exact) mass is 241 g/mol. The molecule has 1 amide bonds. The minimum absolute atomic E-state index is 0.0307. The number of carboxylic acid groups (broad SMARTS) is 1. The van der Waals surface area contributed by atoms with Gasteiger partial charge in [0.1, 0.15) is 0 Å². The van der Waals surface area contributed by atoms with Crippen molar-refractivity contribution < 1.29 is 19.8 Å². The van der Waals surface area contributed by atoms with Crippen molar-refractivity contribution in [1.29, 1.82) is 0 Å². The van der Waals surface area contributed by atoms with Crippen LogP contribution in [0, 0.1) is 13.8 Å². The Balaban J connectivity index is 2.49. The Kier molecular flexibility index (Phi) is 4.22. The maximum Gasteiger partial charge on any atom is 0.332 e. The highest BCUT2D eigenvalue weighted by atomic mass is 16.4. The molecule has 1 rings (SSSR count). The van der Waals surface area contributed by atoms with Gasteiger partial charge in [0.15, 0.2) is 6.10 Å². The van der Waals surface area contributed by atoms with Gasteiger partial charge in [-0.15, -0.1) is 0 Å². The van der Waals surface area contributed by atoms with E-state index in [4.69, 9.17) is 10.2 Å². The number of carbonyl (C=O) groups excluding carboxylic acids is 1. The number of aromatic amines is 1. The number of carboxylic acids is 1. The van der Waals surface area contributed by atoms with Gasteiger partial charge in [-0.05, 0) is 13.8 Å². The maximum absolute atomic E-state index is 11.7. The zero-order valence-corrected chi connectivity index (χ0v) is 9.65. The quantitative estimate of drug-likeness (QED) is 0.559. The zero-order chi connectivity index (χ0) is 13.0. The standard InChI is InChI=1S/C10H15N3O4/c1-5-8(6(2)13-12-5)9(15)11-4-3-7(14)10(16)17/h7,14H,3-4H2,1-2H3,(H,11,15)(H,12,13)(H,16,17). The molecular formula is C10H15N3O4. The summed E-state index contributed by atoms with van der Waals surface area (Å²) in [6, 6.07) is 0. The Morgan fingerprint density at radius 2 is 2.12 bits per heavy atom. The molecule has 0 aromatic carbocycles. The first-order valence-corrected chi connectivity index (χ1v) is 5.14. The number of aryl methyl sites for hydroxylation is 2. The number of aromatic nitrogens is 2. The Hall–Kier alpha value is -1.89. The van der Waals surface area contributed by atoms with E-state index in [1.54, 1.807) is 13.8 Å². The second-order valence-corrected chi connectivity index (χ2v) is 3.71. The number of aliphatic carboxylic acids is 1. The van der Waals surface area contributed by atoms with Crippen molar-refractivity contribution in [3.63, 3.8) is 0 Å². The summed E-state index contributed by atoms with van der Waals surface area (Å²) in [5.74, 6) is -1.62. The van der Waals surface area contributed by atoms with E-state index in [1.165, 1.54) is 0 Å². The van der Waals surface area contributed by atoms with Crippen molar-refractivity contribution >= 4 is 11.9 Å². The number of nitrogens with zero attached hydrogens (tertiary/aromatic N) is 1. The summed E-state index contributed by atoms with van der Waals surface area (Å²) in [5.41, 5.74) is 1.69. The second-order valence-electron chi connectivity index (χ2n) is 3.71. The van der Waals surface area contributed by atoms with Crippen molar-refractivity contribution in [2.75, 3.05) is 6.54 Å². The van der Waals surface area contributed by atoms with Crippen LogP contribution in [0.2, 0.25) is 0 Å². The molecule has 0 aliphatic heterocycles. The van der Waals surface area contributed by atoms with Crippen molar-refractivity contribution in [2.24, 2.45) is 0 Å². The molecule has 4 N–H and O–H groups in total. The number of carbonyl (C=O) groups is 2. The van der Waals surface area contributed by atoms with Crippen LogP contribution in [0.4, 0.5) is 0 Å². The van der Waals surface area contributed by atoms with Gasteiger partial charge in [-0.1, -0.05) is 0 Å². The number of amides is 1. The van der Waals surface area contributed by atoms with Gasteiger partial charge >= 0.3 is 5.97 Å². The molecule has 0 radical (unpaired) electrons. The Labute approximate surface area is 97.8 Å². The van der Waals surface area contributed by atoms with Crippen LogP contribution in [0.3, 0.4) is 0 Å². The number of H-pyrrole nitrogens is 1. The van der Waals surface area contributed by atoms with Crippen LogP contribution in [-0.2, 0) is 4.79 Å². The minimum atomic E-state index is -1.46. The molecule has 17 heavy (non-hydrogen) atoms. The summed E-state index contributed by atoms with van der Waals surface area (Å²) in [4.78, 5) is 22.0. The van der Waals surface area contributed by atoms with Gasteiger partial charge < -0.3 is 15.5 Å². The molecule has 1 aromatic heterocycles. The average Bonchev–Trinajstić information content (AvgIpc) is 2.58. The van der Waals surface area contributed by atoms with E-state index < -0.39 is 12.1 Å². The van der Waals surface area contributed by atoms with Crippen LogP contribution in [-0.4, -0.2) is 44.9 Å². The van der Waals surface area contributed by atoms with Crippen molar-refractivity contribution in [3.05, 3.63) is 17.0 Å². The molecule has 0 spiro atoms. The van der Waals surface area contributed by atoms with Crippen LogP contribution >= 0.6 is 0 Å². The topological polar surface area (TPSA) is 115 Å². The van der Waals surface area contributed by atoms with Crippen LogP contribution in [0.5, 0.6) is 0 Å². The summed E-state index contributed by atoms with van der Waals surface area (Å²) in [7, 11) is 0. The highest BCUT2D eigenvalue weighted by Gasteiger charge is 2.16. The summed E-state index contributed by atoms with van der Waals surface area (Å²) < 4.78 is 0. The van der Waals surface area contributed by atoms with E-state index in [2.05, 4.69) is 15.5 Å². The van der Waals surface area contributed by atoms with E-state index in [9.17, 15) is 9.59 Å². The van der Waals surface area contributed by atoms with Gasteiger partial charge in [-0.25, -0.2) is 4.79 Å². The van der Waals surface area contributed by atoms with Crippen molar-refractivity contribution in [1.82, 2.24) is 15.5 Å². The van der Waals surface area contributed by atoms with E-state index in [0.29, 0.717) is 17.0 Å². The number of aliphatic hydroxyl groups excluding tert-OH is 1. The fourth-order valence-electron chi connectivity index (χ4n) is 1.42. The van der Waals surface area contributed by atoms with Crippen molar-refractivity contribution in [2.45, 2.75) is 26.4 Å². The Bertz CT molecular complexity index is 408. The maximum atomic E-state index is 11.7. The zero-order valence-electron chi connectivity index (χ0n) is 9.65. The number of hydrogen-bond donors (Lipinski definition) is 4. The first-order valence-electron chi connectivity index (χ1n) is 5.14. The molecule has 1 unspecified atom stereocenters. The molecule has 1 atom stereocenters. The molecule has 1 aromatic rings. The second kappa shape index (κ2) is 5.44. The van der Waals surface area contributed by atoms with E-state index in [1.807, 2.05) is 0 Å². The largest absolute Gasteiger partial charge is 0.479 e. The normalized spacial score (nSPS) is 12.2. The highest BCUT2D eigenvalue weighted by Crippen LogP contribution is 2.08. The van der Waals surface area contributed by atoms with Crippen LogP contribution in [0.15, 0.2) is 0 Å². The third kappa shape index (κ3) is 3.28. The molecule has 0 aliphatic carbocycles. The van der Waals surface area contributed by atoms with Gasteiger partial charge in [0.25, 0.3) is 5.91 Å². The van der Waals surface area contributed by atoms with Crippen LogP contribution in [0.1, 0.15) is 28.2 Å². The van der Waals surface area contributed by atoms with Crippen LogP contribution in [0.25, 0.3) is 0 Å². The van der Waals surface area contributed by atoms with Gasteiger partial charge in [-0.2, -0.15) is 5.10 Å². The molecule has 7 heteroatoms.